The second-order valence-electron chi connectivity index (χ2n) is 6.26. The molecule has 136 valence electrons. The number of hydrogen-bond donors (Lipinski definition) is 2. The van der Waals surface area contributed by atoms with Crippen LogP contribution in [0.25, 0.3) is 22.6 Å². The van der Waals surface area contributed by atoms with Crippen LogP contribution in [-0.4, -0.2) is 35.6 Å². The van der Waals surface area contributed by atoms with Crippen molar-refractivity contribution >= 4 is 22.8 Å². The van der Waals surface area contributed by atoms with Gasteiger partial charge in [0.2, 0.25) is 0 Å². The van der Waals surface area contributed by atoms with E-state index >= 15 is 0 Å². The Morgan fingerprint density at radius 1 is 1.22 bits per heavy atom. The zero-order chi connectivity index (χ0) is 19.0. The third-order valence-electron chi connectivity index (χ3n) is 4.01. The smallest absolute Gasteiger partial charge is 0.292 e. The lowest BCUT2D eigenvalue weighted by molar-refractivity contribution is 0.101. The maximum atomic E-state index is 13.3. The number of pyridine rings is 1. The summed E-state index contributed by atoms with van der Waals surface area (Å²) in [6.07, 6.45) is 1.64. The van der Waals surface area contributed by atoms with E-state index < -0.39 is 11.7 Å². The molecule has 4 aromatic rings. The number of hydrogen-bond acceptors (Lipinski definition) is 5. The lowest BCUT2D eigenvalue weighted by atomic mass is 10.3. The summed E-state index contributed by atoms with van der Waals surface area (Å²) < 4.78 is 15.2. The van der Waals surface area contributed by atoms with Gasteiger partial charge in [0.15, 0.2) is 11.6 Å². The van der Waals surface area contributed by atoms with Gasteiger partial charge in [-0.25, -0.2) is 14.4 Å². The second-order valence-corrected chi connectivity index (χ2v) is 6.26. The van der Waals surface area contributed by atoms with Crippen molar-refractivity contribution in [3.8, 4) is 11.5 Å². The van der Waals surface area contributed by atoms with Crippen LogP contribution < -0.4 is 5.32 Å². The van der Waals surface area contributed by atoms with Gasteiger partial charge in [-0.2, -0.15) is 0 Å². The standard InChI is InChI=1S/C18H16FN7O/c1-10(2)26-9-20-25-17(26)13-4-3-5-15(21-13)24-18(27)16-22-12-7-6-11(19)8-14(12)23-16/h3-10H,1-2H3,(H,22,23)(H,21,24,27). The summed E-state index contributed by atoms with van der Waals surface area (Å²) in [5, 5.41) is 10.7. The molecule has 1 amide bonds. The van der Waals surface area contributed by atoms with Gasteiger partial charge in [0, 0.05) is 6.04 Å². The van der Waals surface area contributed by atoms with E-state index in [1.807, 2.05) is 18.4 Å². The molecule has 0 bridgehead atoms. The number of amides is 1. The van der Waals surface area contributed by atoms with E-state index in [4.69, 9.17) is 0 Å². The van der Waals surface area contributed by atoms with Gasteiger partial charge in [-0.1, -0.05) is 6.07 Å². The molecule has 3 aromatic heterocycles. The van der Waals surface area contributed by atoms with Crippen LogP contribution in [0.5, 0.6) is 0 Å². The number of benzene rings is 1. The maximum Gasteiger partial charge on any atom is 0.292 e. The molecule has 0 aliphatic heterocycles. The number of nitrogens with zero attached hydrogens (tertiary/aromatic N) is 5. The SMILES string of the molecule is CC(C)n1cnnc1-c1cccc(NC(=O)c2nc3ccc(F)cc3[nH]2)n1. The van der Waals surface area contributed by atoms with Gasteiger partial charge in [0.1, 0.15) is 23.7 Å². The van der Waals surface area contributed by atoms with Crippen LogP contribution in [-0.2, 0) is 0 Å². The summed E-state index contributed by atoms with van der Waals surface area (Å²) in [7, 11) is 0. The van der Waals surface area contributed by atoms with Crippen LogP contribution in [0, 0.1) is 5.82 Å². The average Bonchev–Trinajstić information content (AvgIpc) is 3.28. The van der Waals surface area contributed by atoms with Crippen molar-refractivity contribution in [3.63, 3.8) is 0 Å². The van der Waals surface area contributed by atoms with Gasteiger partial charge < -0.3 is 14.9 Å². The Bertz CT molecular complexity index is 1130. The van der Waals surface area contributed by atoms with Gasteiger partial charge in [-0.05, 0) is 44.2 Å². The highest BCUT2D eigenvalue weighted by molar-refractivity contribution is 6.03. The first-order valence-electron chi connectivity index (χ1n) is 8.35. The van der Waals surface area contributed by atoms with E-state index in [0.29, 0.717) is 28.4 Å². The van der Waals surface area contributed by atoms with Crippen LogP contribution in [0.1, 0.15) is 30.5 Å². The number of aromatic amines is 1. The summed E-state index contributed by atoms with van der Waals surface area (Å²) in [4.78, 5) is 23.9. The lowest BCUT2D eigenvalue weighted by Gasteiger charge is -2.10. The fraction of sp³-hybridized carbons (Fsp3) is 0.167. The summed E-state index contributed by atoms with van der Waals surface area (Å²) in [5.41, 5.74) is 1.55. The number of fused-ring (bicyclic) bond motifs is 1. The van der Waals surface area contributed by atoms with Crippen molar-refractivity contribution in [2.75, 3.05) is 5.32 Å². The lowest BCUT2D eigenvalue weighted by Crippen LogP contribution is -2.15. The van der Waals surface area contributed by atoms with Crippen molar-refractivity contribution in [2.24, 2.45) is 0 Å². The van der Waals surface area contributed by atoms with Gasteiger partial charge >= 0.3 is 0 Å². The van der Waals surface area contributed by atoms with Crippen LogP contribution >= 0.6 is 0 Å². The molecule has 4 rings (SSSR count). The number of anilines is 1. The molecule has 0 atom stereocenters. The predicted octanol–water partition coefficient (Wildman–Crippen LogP) is 3.19. The fourth-order valence-electron chi connectivity index (χ4n) is 2.70. The van der Waals surface area contributed by atoms with E-state index in [0.717, 1.165) is 0 Å². The Morgan fingerprint density at radius 3 is 2.89 bits per heavy atom. The van der Waals surface area contributed by atoms with Crippen molar-refractivity contribution in [1.82, 2.24) is 29.7 Å². The van der Waals surface area contributed by atoms with Crippen molar-refractivity contribution in [1.29, 1.82) is 0 Å². The minimum Gasteiger partial charge on any atom is -0.334 e. The Hall–Kier alpha value is -3.62. The van der Waals surface area contributed by atoms with Crippen molar-refractivity contribution < 1.29 is 9.18 Å². The molecule has 1 aromatic carbocycles. The Kier molecular flexibility index (Phi) is 4.11. The highest BCUT2D eigenvalue weighted by Gasteiger charge is 2.15. The molecule has 0 aliphatic rings. The van der Waals surface area contributed by atoms with Gasteiger partial charge in [0.05, 0.1) is 11.0 Å². The first-order valence-corrected chi connectivity index (χ1v) is 8.35. The van der Waals surface area contributed by atoms with Crippen molar-refractivity contribution in [3.05, 3.63) is 54.4 Å². The normalized spacial score (nSPS) is 11.3. The highest BCUT2D eigenvalue weighted by atomic mass is 19.1. The molecule has 8 nitrogen and oxygen atoms in total. The number of imidazole rings is 1. The van der Waals surface area contributed by atoms with Crippen LogP contribution in [0.15, 0.2) is 42.7 Å². The number of rotatable bonds is 4. The topological polar surface area (TPSA) is 101 Å². The molecule has 0 unspecified atom stereocenters. The molecular formula is C18H16FN7O. The quantitative estimate of drug-likeness (QED) is 0.578. The van der Waals surface area contributed by atoms with Crippen LogP contribution in [0.2, 0.25) is 0 Å². The number of H-pyrrole nitrogens is 1. The third-order valence-corrected chi connectivity index (χ3v) is 4.01. The zero-order valence-electron chi connectivity index (χ0n) is 14.6. The molecule has 0 spiro atoms. The van der Waals surface area contributed by atoms with Gasteiger partial charge in [-0.3, -0.25) is 4.79 Å². The monoisotopic (exact) mass is 365 g/mol. The molecular weight excluding hydrogens is 349 g/mol. The highest BCUT2D eigenvalue weighted by Crippen LogP contribution is 2.20. The van der Waals surface area contributed by atoms with Crippen LogP contribution in [0.4, 0.5) is 10.2 Å². The number of carbonyl (C=O) groups excluding carboxylic acids is 1. The van der Waals surface area contributed by atoms with Gasteiger partial charge in [0.25, 0.3) is 5.91 Å². The van der Waals surface area contributed by atoms with E-state index in [2.05, 4.69) is 30.5 Å². The van der Waals surface area contributed by atoms with E-state index in [9.17, 15) is 9.18 Å². The summed E-state index contributed by atoms with van der Waals surface area (Å²) >= 11 is 0. The number of nitrogens with one attached hydrogen (secondary N) is 2. The first-order chi connectivity index (χ1) is 13.0. The number of aromatic nitrogens is 6. The molecule has 3 heterocycles. The Morgan fingerprint density at radius 2 is 2.07 bits per heavy atom. The molecule has 0 aliphatic carbocycles. The minimum absolute atomic E-state index is 0.0770. The molecule has 9 heteroatoms. The largest absolute Gasteiger partial charge is 0.334 e. The summed E-state index contributed by atoms with van der Waals surface area (Å²) in [6, 6.07) is 9.49. The molecule has 0 saturated carbocycles. The molecule has 0 saturated heterocycles. The Balaban J connectivity index is 1.60. The fourth-order valence-corrected chi connectivity index (χ4v) is 2.70. The molecule has 2 N–H and O–H groups in total. The number of carbonyl (C=O) groups is 1. The summed E-state index contributed by atoms with van der Waals surface area (Å²) in [5.74, 6) is 0.166. The molecule has 0 fully saturated rings. The minimum atomic E-state index is -0.471. The maximum absolute atomic E-state index is 13.3. The first kappa shape index (κ1) is 16.8. The van der Waals surface area contributed by atoms with E-state index in [1.165, 1.54) is 18.2 Å². The van der Waals surface area contributed by atoms with Crippen LogP contribution in [0.3, 0.4) is 0 Å². The molecule has 0 radical (unpaired) electrons. The van der Waals surface area contributed by atoms with E-state index in [1.54, 1.807) is 24.5 Å². The number of halogens is 1. The summed E-state index contributed by atoms with van der Waals surface area (Å²) in [6.45, 7) is 4.03. The van der Waals surface area contributed by atoms with E-state index in [-0.39, 0.29) is 11.9 Å². The third kappa shape index (κ3) is 3.26. The Labute approximate surface area is 153 Å². The second kappa shape index (κ2) is 6.60. The zero-order valence-corrected chi connectivity index (χ0v) is 14.6. The molecule has 27 heavy (non-hydrogen) atoms. The average molecular weight is 365 g/mol. The van der Waals surface area contributed by atoms with Gasteiger partial charge in [-0.15, -0.1) is 10.2 Å². The van der Waals surface area contributed by atoms with Crippen molar-refractivity contribution in [2.45, 2.75) is 19.9 Å². The predicted molar refractivity (Wildman–Crippen MR) is 97.6 cm³/mol.